The van der Waals surface area contributed by atoms with Gasteiger partial charge in [0.05, 0.1) is 26.0 Å². The van der Waals surface area contributed by atoms with Gasteiger partial charge in [0, 0.05) is 0 Å². The van der Waals surface area contributed by atoms with E-state index in [0.29, 0.717) is 5.76 Å². The Morgan fingerprint density at radius 2 is 2.10 bits per heavy atom. The zero-order valence-electron chi connectivity index (χ0n) is 11.5. The highest BCUT2D eigenvalue weighted by molar-refractivity contribution is 6.18. The molecule has 0 aliphatic carbocycles. The van der Waals surface area contributed by atoms with Crippen LogP contribution < -0.4 is 5.73 Å². The van der Waals surface area contributed by atoms with Crippen LogP contribution in [0.1, 0.15) is 19.6 Å². The van der Waals surface area contributed by atoms with Gasteiger partial charge in [-0.2, -0.15) is 0 Å². The molecule has 0 aromatic carbocycles. The Hall–Kier alpha value is -2.44. The number of amidine groups is 1. The number of nitrogens with zero attached hydrogens (tertiary/aromatic N) is 1. The van der Waals surface area contributed by atoms with Crippen molar-refractivity contribution >= 4 is 11.8 Å². The standard InChI is InChI=1S/C13H18N2O5/c1-3-18-12(16)10(13(17)19-4-2)11(14)15-8-9-6-5-7-20-9/h5-7,16H,3-4,8H2,1-2H3,(H2,14,15). The van der Waals surface area contributed by atoms with Crippen molar-refractivity contribution in [3.8, 4) is 0 Å². The maximum absolute atomic E-state index is 11.8. The molecule has 0 aliphatic rings. The van der Waals surface area contributed by atoms with Crippen LogP contribution in [0.25, 0.3) is 0 Å². The Kier molecular flexibility index (Phi) is 6.15. The van der Waals surface area contributed by atoms with Gasteiger partial charge in [-0.25, -0.2) is 4.79 Å². The third-order valence-electron chi connectivity index (χ3n) is 2.22. The Morgan fingerprint density at radius 1 is 1.40 bits per heavy atom. The van der Waals surface area contributed by atoms with Crippen molar-refractivity contribution in [1.82, 2.24) is 0 Å². The summed E-state index contributed by atoms with van der Waals surface area (Å²) in [6.45, 7) is 3.77. The molecule has 3 N–H and O–H groups in total. The number of nitrogens with two attached hydrogens (primary N) is 1. The van der Waals surface area contributed by atoms with Gasteiger partial charge in [0.25, 0.3) is 5.95 Å². The van der Waals surface area contributed by atoms with Gasteiger partial charge >= 0.3 is 5.97 Å². The molecule has 0 amide bonds. The fraction of sp³-hybridized carbons (Fsp3) is 0.385. The molecule has 0 bridgehead atoms. The van der Waals surface area contributed by atoms with Gasteiger partial charge in [0.1, 0.15) is 11.6 Å². The number of aliphatic hydroxyl groups is 1. The predicted octanol–water partition coefficient (Wildman–Crippen LogP) is 1.51. The van der Waals surface area contributed by atoms with Crippen LogP contribution in [0.2, 0.25) is 0 Å². The van der Waals surface area contributed by atoms with E-state index in [1.807, 2.05) is 0 Å². The molecule has 7 heteroatoms. The summed E-state index contributed by atoms with van der Waals surface area (Å²) >= 11 is 0. The summed E-state index contributed by atoms with van der Waals surface area (Å²) in [4.78, 5) is 15.7. The Balaban J connectivity index is 2.94. The van der Waals surface area contributed by atoms with Crippen LogP contribution in [-0.2, 0) is 20.8 Å². The van der Waals surface area contributed by atoms with Crippen molar-refractivity contribution in [3.05, 3.63) is 35.7 Å². The van der Waals surface area contributed by atoms with E-state index in [1.165, 1.54) is 6.26 Å². The molecule has 1 rings (SSSR count). The molecule has 0 fully saturated rings. The maximum atomic E-state index is 11.8. The molecule has 20 heavy (non-hydrogen) atoms. The molecule has 1 aromatic heterocycles. The molecule has 7 nitrogen and oxygen atoms in total. The topological polar surface area (TPSA) is 107 Å². The highest BCUT2D eigenvalue weighted by Crippen LogP contribution is 2.09. The van der Waals surface area contributed by atoms with E-state index in [2.05, 4.69) is 4.99 Å². The first kappa shape index (κ1) is 15.6. The zero-order valence-corrected chi connectivity index (χ0v) is 11.5. The van der Waals surface area contributed by atoms with Crippen LogP contribution in [0.15, 0.2) is 39.3 Å². The number of hydrogen-bond donors (Lipinski definition) is 2. The Bertz CT molecular complexity index is 491. The van der Waals surface area contributed by atoms with Crippen molar-refractivity contribution < 1.29 is 23.8 Å². The average Bonchev–Trinajstić information content (AvgIpc) is 2.90. The summed E-state index contributed by atoms with van der Waals surface area (Å²) in [6.07, 6.45) is 1.50. The molecule has 0 aliphatic heterocycles. The van der Waals surface area contributed by atoms with Crippen molar-refractivity contribution in [2.45, 2.75) is 20.4 Å². The third kappa shape index (κ3) is 4.34. The van der Waals surface area contributed by atoms with E-state index in [9.17, 15) is 9.90 Å². The fourth-order valence-corrected chi connectivity index (χ4v) is 1.36. The molecule has 0 atom stereocenters. The lowest BCUT2D eigenvalue weighted by Crippen LogP contribution is -2.26. The molecule has 0 unspecified atom stereocenters. The minimum Gasteiger partial charge on any atom is -0.480 e. The maximum Gasteiger partial charge on any atom is 0.349 e. The quantitative estimate of drug-likeness (QED) is 0.258. The summed E-state index contributed by atoms with van der Waals surface area (Å²) in [5, 5.41) is 9.71. The molecular formula is C13H18N2O5. The summed E-state index contributed by atoms with van der Waals surface area (Å²) in [5.41, 5.74) is 5.42. The van der Waals surface area contributed by atoms with Gasteiger partial charge < -0.3 is 24.7 Å². The normalized spacial score (nSPS) is 12.8. The minimum atomic E-state index is -0.792. The first-order valence-corrected chi connectivity index (χ1v) is 6.15. The van der Waals surface area contributed by atoms with E-state index in [1.54, 1.807) is 26.0 Å². The number of esters is 1. The van der Waals surface area contributed by atoms with Crippen molar-refractivity contribution in [2.24, 2.45) is 10.7 Å². The zero-order chi connectivity index (χ0) is 15.0. The number of carbonyl (C=O) groups excluding carboxylic acids is 1. The minimum absolute atomic E-state index is 0.140. The van der Waals surface area contributed by atoms with E-state index < -0.39 is 11.9 Å². The first-order valence-electron chi connectivity index (χ1n) is 6.15. The number of carbonyl (C=O) groups is 1. The van der Waals surface area contributed by atoms with Crippen LogP contribution in [0.3, 0.4) is 0 Å². The van der Waals surface area contributed by atoms with Gasteiger partial charge in [-0.1, -0.05) is 0 Å². The van der Waals surface area contributed by atoms with Crippen LogP contribution in [0, 0.1) is 0 Å². The lowest BCUT2D eigenvalue weighted by molar-refractivity contribution is -0.138. The van der Waals surface area contributed by atoms with Gasteiger partial charge in [-0.15, -0.1) is 0 Å². The second-order valence-electron chi connectivity index (χ2n) is 3.61. The van der Waals surface area contributed by atoms with E-state index in [4.69, 9.17) is 19.6 Å². The Labute approximate surface area is 116 Å². The van der Waals surface area contributed by atoms with Crippen LogP contribution in [-0.4, -0.2) is 30.1 Å². The SMILES string of the molecule is CCOC(=O)C(C(N)=NCc1ccco1)=C(O)OCC. The van der Waals surface area contributed by atoms with Crippen LogP contribution in [0.5, 0.6) is 0 Å². The lowest BCUT2D eigenvalue weighted by Gasteiger charge is -2.09. The number of rotatable bonds is 7. The smallest absolute Gasteiger partial charge is 0.349 e. The molecule has 1 aromatic rings. The van der Waals surface area contributed by atoms with Gasteiger partial charge in [-0.05, 0) is 26.0 Å². The molecule has 110 valence electrons. The summed E-state index contributed by atoms with van der Waals surface area (Å²) in [7, 11) is 0. The molecule has 0 saturated heterocycles. The summed E-state index contributed by atoms with van der Waals surface area (Å²) in [6, 6.07) is 3.42. The largest absolute Gasteiger partial charge is 0.480 e. The summed E-state index contributed by atoms with van der Waals surface area (Å²) in [5.74, 6) is -0.997. The summed E-state index contributed by atoms with van der Waals surface area (Å²) < 4.78 is 14.8. The van der Waals surface area contributed by atoms with E-state index in [0.717, 1.165) is 0 Å². The number of ether oxygens (including phenoxy) is 2. The number of aliphatic imine (C=N–C) groups is 1. The lowest BCUT2D eigenvalue weighted by atomic mass is 10.2. The van der Waals surface area contributed by atoms with Gasteiger partial charge in [-0.3, -0.25) is 4.99 Å². The fourth-order valence-electron chi connectivity index (χ4n) is 1.36. The van der Waals surface area contributed by atoms with Gasteiger partial charge in [0.2, 0.25) is 0 Å². The van der Waals surface area contributed by atoms with Crippen LogP contribution >= 0.6 is 0 Å². The predicted molar refractivity (Wildman–Crippen MR) is 71.9 cm³/mol. The van der Waals surface area contributed by atoms with E-state index in [-0.39, 0.29) is 31.2 Å². The number of aliphatic hydroxyl groups excluding tert-OH is 1. The van der Waals surface area contributed by atoms with Crippen molar-refractivity contribution in [2.75, 3.05) is 13.2 Å². The van der Waals surface area contributed by atoms with E-state index >= 15 is 0 Å². The average molecular weight is 282 g/mol. The second kappa shape index (κ2) is 7.88. The molecular weight excluding hydrogens is 264 g/mol. The third-order valence-corrected chi connectivity index (χ3v) is 2.22. The molecule has 1 heterocycles. The monoisotopic (exact) mass is 282 g/mol. The highest BCUT2D eigenvalue weighted by atomic mass is 16.6. The molecule has 0 radical (unpaired) electrons. The van der Waals surface area contributed by atoms with Crippen molar-refractivity contribution in [3.63, 3.8) is 0 Å². The molecule has 0 saturated carbocycles. The number of hydrogen-bond acceptors (Lipinski definition) is 6. The van der Waals surface area contributed by atoms with Crippen molar-refractivity contribution in [1.29, 1.82) is 0 Å². The second-order valence-corrected chi connectivity index (χ2v) is 3.61. The Morgan fingerprint density at radius 3 is 2.65 bits per heavy atom. The molecule has 0 spiro atoms. The highest BCUT2D eigenvalue weighted by Gasteiger charge is 2.22. The van der Waals surface area contributed by atoms with Gasteiger partial charge in [0.15, 0.2) is 5.57 Å². The number of furan rings is 1. The first-order chi connectivity index (χ1) is 9.60. The van der Waals surface area contributed by atoms with Crippen LogP contribution in [0.4, 0.5) is 0 Å².